The molecule has 2 heteroatoms. The van der Waals surface area contributed by atoms with Crippen LogP contribution in [0, 0.1) is 0 Å². The Balaban J connectivity index is 2.09. The highest BCUT2D eigenvalue weighted by molar-refractivity contribution is 5.39. The molecule has 1 heterocycles. The number of benzene rings is 1. The van der Waals surface area contributed by atoms with Crippen LogP contribution in [0.4, 0.5) is 0 Å². The SMILES string of the molecule is COc1ccc(CCC2CO2)cc1C(C)C. The number of methoxy groups -OCH3 is 1. The van der Waals surface area contributed by atoms with Crippen molar-refractivity contribution < 1.29 is 9.47 Å². The molecule has 88 valence electrons. The van der Waals surface area contributed by atoms with Crippen molar-refractivity contribution in [2.24, 2.45) is 0 Å². The van der Waals surface area contributed by atoms with E-state index in [-0.39, 0.29) is 0 Å². The summed E-state index contributed by atoms with van der Waals surface area (Å²) in [6.45, 7) is 5.35. The Morgan fingerprint density at radius 1 is 1.44 bits per heavy atom. The highest BCUT2D eigenvalue weighted by Crippen LogP contribution is 2.28. The van der Waals surface area contributed by atoms with Crippen LogP contribution in [0.15, 0.2) is 18.2 Å². The van der Waals surface area contributed by atoms with E-state index in [0.29, 0.717) is 12.0 Å². The quantitative estimate of drug-likeness (QED) is 0.711. The van der Waals surface area contributed by atoms with Crippen LogP contribution >= 0.6 is 0 Å². The molecule has 0 bridgehead atoms. The minimum Gasteiger partial charge on any atom is -0.496 e. The third-order valence-electron chi connectivity index (χ3n) is 3.07. The summed E-state index contributed by atoms with van der Waals surface area (Å²) in [6, 6.07) is 6.51. The lowest BCUT2D eigenvalue weighted by Crippen LogP contribution is -1.97. The predicted molar refractivity (Wildman–Crippen MR) is 65.1 cm³/mol. The predicted octanol–water partition coefficient (Wildman–Crippen LogP) is 3.15. The van der Waals surface area contributed by atoms with Crippen molar-refractivity contribution in [3.63, 3.8) is 0 Å². The maximum absolute atomic E-state index is 5.37. The maximum atomic E-state index is 5.37. The molecule has 0 saturated carbocycles. The molecular formula is C14H20O2. The molecule has 0 radical (unpaired) electrons. The largest absolute Gasteiger partial charge is 0.496 e. The van der Waals surface area contributed by atoms with Crippen molar-refractivity contribution in [3.05, 3.63) is 29.3 Å². The molecule has 16 heavy (non-hydrogen) atoms. The molecule has 1 atom stereocenters. The van der Waals surface area contributed by atoms with Gasteiger partial charge in [0.15, 0.2) is 0 Å². The van der Waals surface area contributed by atoms with Gasteiger partial charge in [-0.15, -0.1) is 0 Å². The molecule has 0 amide bonds. The first kappa shape index (κ1) is 11.5. The van der Waals surface area contributed by atoms with E-state index in [2.05, 4.69) is 32.0 Å². The van der Waals surface area contributed by atoms with Gasteiger partial charge in [0.1, 0.15) is 5.75 Å². The lowest BCUT2D eigenvalue weighted by Gasteiger charge is -2.13. The molecule has 2 nitrogen and oxygen atoms in total. The Morgan fingerprint density at radius 2 is 2.19 bits per heavy atom. The highest BCUT2D eigenvalue weighted by Gasteiger charge is 2.21. The minimum absolute atomic E-state index is 0.507. The lowest BCUT2D eigenvalue weighted by atomic mass is 9.97. The molecule has 1 aliphatic heterocycles. The second-order valence-corrected chi connectivity index (χ2v) is 4.73. The Kier molecular flexibility index (Phi) is 3.49. The lowest BCUT2D eigenvalue weighted by molar-refractivity contribution is 0.396. The summed E-state index contributed by atoms with van der Waals surface area (Å²) in [6.07, 6.45) is 2.77. The van der Waals surface area contributed by atoms with E-state index in [1.807, 2.05) is 0 Å². The van der Waals surface area contributed by atoms with Gasteiger partial charge in [-0.25, -0.2) is 0 Å². The summed E-state index contributed by atoms with van der Waals surface area (Å²) < 4.78 is 10.6. The molecule has 1 aromatic rings. The zero-order valence-corrected chi connectivity index (χ0v) is 10.3. The summed E-state index contributed by atoms with van der Waals surface area (Å²) in [5, 5.41) is 0. The van der Waals surface area contributed by atoms with Gasteiger partial charge in [0.05, 0.1) is 19.8 Å². The molecule has 0 aromatic heterocycles. The zero-order chi connectivity index (χ0) is 11.5. The topological polar surface area (TPSA) is 21.8 Å². The van der Waals surface area contributed by atoms with Gasteiger partial charge in [-0.3, -0.25) is 0 Å². The fraction of sp³-hybridized carbons (Fsp3) is 0.571. The van der Waals surface area contributed by atoms with Crippen molar-refractivity contribution in [1.82, 2.24) is 0 Å². The summed E-state index contributed by atoms with van der Waals surface area (Å²) in [5.41, 5.74) is 2.69. The summed E-state index contributed by atoms with van der Waals surface area (Å²) in [7, 11) is 1.74. The number of rotatable bonds is 5. The van der Waals surface area contributed by atoms with Gasteiger partial charge in [0.2, 0.25) is 0 Å². The number of hydrogen-bond donors (Lipinski definition) is 0. The minimum atomic E-state index is 0.507. The van der Waals surface area contributed by atoms with Crippen LogP contribution in [0.5, 0.6) is 5.75 Å². The molecule has 1 unspecified atom stereocenters. The molecule has 1 aliphatic rings. The van der Waals surface area contributed by atoms with Crippen molar-refractivity contribution in [2.75, 3.05) is 13.7 Å². The monoisotopic (exact) mass is 220 g/mol. The molecule has 0 spiro atoms. The van der Waals surface area contributed by atoms with E-state index >= 15 is 0 Å². The first-order chi connectivity index (χ1) is 7.70. The van der Waals surface area contributed by atoms with E-state index in [0.717, 1.165) is 25.2 Å². The van der Waals surface area contributed by atoms with E-state index in [1.165, 1.54) is 11.1 Å². The van der Waals surface area contributed by atoms with Crippen molar-refractivity contribution in [3.8, 4) is 5.75 Å². The first-order valence-corrected chi connectivity index (χ1v) is 5.99. The van der Waals surface area contributed by atoms with E-state index in [1.54, 1.807) is 7.11 Å². The third kappa shape index (κ3) is 2.76. The van der Waals surface area contributed by atoms with E-state index < -0.39 is 0 Å². The first-order valence-electron chi connectivity index (χ1n) is 5.99. The Bertz CT molecular complexity index is 354. The Morgan fingerprint density at radius 3 is 2.75 bits per heavy atom. The van der Waals surface area contributed by atoms with Gasteiger partial charge < -0.3 is 9.47 Å². The smallest absolute Gasteiger partial charge is 0.122 e. The van der Waals surface area contributed by atoms with Crippen LogP contribution in [0.3, 0.4) is 0 Å². The number of ether oxygens (including phenoxy) is 2. The van der Waals surface area contributed by atoms with Gasteiger partial charge in [0, 0.05) is 0 Å². The number of hydrogen-bond acceptors (Lipinski definition) is 2. The summed E-state index contributed by atoms with van der Waals surface area (Å²) >= 11 is 0. The molecule has 0 aliphatic carbocycles. The average Bonchev–Trinajstić information content (AvgIpc) is 3.09. The molecule has 1 fully saturated rings. The van der Waals surface area contributed by atoms with Gasteiger partial charge in [-0.1, -0.05) is 26.0 Å². The molecule has 0 N–H and O–H groups in total. The fourth-order valence-electron chi connectivity index (χ4n) is 1.95. The normalized spacial score (nSPS) is 18.9. The molecule has 1 saturated heterocycles. The van der Waals surface area contributed by atoms with Crippen LogP contribution in [-0.4, -0.2) is 19.8 Å². The van der Waals surface area contributed by atoms with Gasteiger partial charge in [-0.2, -0.15) is 0 Å². The van der Waals surface area contributed by atoms with Crippen LogP contribution in [0.2, 0.25) is 0 Å². The van der Waals surface area contributed by atoms with Gasteiger partial charge in [0.25, 0.3) is 0 Å². The van der Waals surface area contributed by atoms with Crippen molar-refractivity contribution in [2.45, 2.75) is 38.7 Å². The fourth-order valence-corrected chi connectivity index (χ4v) is 1.95. The van der Waals surface area contributed by atoms with Crippen molar-refractivity contribution >= 4 is 0 Å². The molecule has 1 aromatic carbocycles. The van der Waals surface area contributed by atoms with Crippen LogP contribution in [0.25, 0.3) is 0 Å². The maximum Gasteiger partial charge on any atom is 0.122 e. The van der Waals surface area contributed by atoms with Crippen LogP contribution < -0.4 is 4.74 Å². The van der Waals surface area contributed by atoms with E-state index in [4.69, 9.17) is 9.47 Å². The van der Waals surface area contributed by atoms with Crippen LogP contribution in [-0.2, 0) is 11.2 Å². The van der Waals surface area contributed by atoms with E-state index in [9.17, 15) is 0 Å². The average molecular weight is 220 g/mol. The van der Waals surface area contributed by atoms with Crippen molar-refractivity contribution in [1.29, 1.82) is 0 Å². The number of aryl methyl sites for hydroxylation is 1. The summed E-state index contributed by atoms with van der Waals surface area (Å²) in [4.78, 5) is 0. The second-order valence-electron chi connectivity index (χ2n) is 4.73. The zero-order valence-electron chi connectivity index (χ0n) is 10.3. The Hall–Kier alpha value is -1.02. The van der Waals surface area contributed by atoms with Gasteiger partial charge in [-0.05, 0) is 36.0 Å². The van der Waals surface area contributed by atoms with Crippen LogP contribution in [0.1, 0.15) is 37.3 Å². The molecule has 2 rings (SSSR count). The molecular weight excluding hydrogens is 200 g/mol. The number of epoxide rings is 1. The summed E-state index contributed by atoms with van der Waals surface area (Å²) in [5.74, 6) is 1.51. The standard InChI is InChI=1S/C14H20O2/c1-10(2)13-8-11(4-6-12-9-16-12)5-7-14(13)15-3/h5,7-8,10,12H,4,6,9H2,1-3H3. The highest BCUT2D eigenvalue weighted by atomic mass is 16.6. The Labute approximate surface area is 97.6 Å². The van der Waals surface area contributed by atoms with Gasteiger partial charge >= 0.3 is 0 Å². The second kappa shape index (κ2) is 4.88. The third-order valence-corrected chi connectivity index (χ3v) is 3.07.